The third-order valence-corrected chi connectivity index (χ3v) is 2.52. The Morgan fingerprint density at radius 3 is 2.50 bits per heavy atom. The van der Waals surface area contributed by atoms with Gasteiger partial charge in [-0.05, 0) is 18.8 Å². The smallest absolute Gasteiger partial charge is 0.382 e. The number of carbonyl (C=O) groups excluding carboxylic acids is 1. The maximum atomic E-state index is 11.9. The number of amides is 1. The minimum Gasteiger partial charge on any atom is -0.382 e. The lowest BCUT2D eigenvalue weighted by molar-refractivity contribution is -0.201. The predicted octanol–water partition coefficient (Wildman–Crippen LogP) is 0.153. The molecule has 94 valence electrons. The number of aliphatic hydroxyl groups excluding tert-OH is 1. The van der Waals surface area contributed by atoms with E-state index in [9.17, 15) is 18.0 Å². The number of carbonyl (C=O) groups is 1. The number of nitrogens with two attached hydrogens (primary N) is 1. The molecular formula is C9H15F3N2O2. The summed E-state index contributed by atoms with van der Waals surface area (Å²) in [4.78, 5) is 11.1. The van der Waals surface area contributed by atoms with Gasteiger partial charge >= 0.3 is 6.18 Å². The molecule has 4 nitrogen and oxygen atoms in total. The van der Waals surface area contributed by atoms with Crippen LogP contribution < -0.4 is 11.1 Å². The van der Waals surface area contributed by atoms with Gasteiger partial charge in [0.15, 0.2) is 6.10 Å². The Kier molecular flexibility index (Phi) is 4.15. The van der Waals surface area contributed by atoms with Crippen LogP contribution in [0.2, 0.25) is 0 Å². The van der Waals surface area contributed by atoms with Crippen LogP contribution in [0.25, 0.3) is 0 Å². The molecule has 0 aromatic carbocycles. The molecule has 1 fully saturated rings. The summed E-state index contributed by atoms with van der Waals surface area (Å²) in [5.41, 5.74) is 5.63. The van der Waals surface area contributed by atoms with E-state index in [1.165, 1.54) is 0 Å². The average Bonchev–Trinajstić information content (AvgIpc) is 2.95. The van der Waals surface area contributed by atoms with E-state index in [-0.39, 0.29) is 12.5 Å². The van der Waals surface area contributed by atoms with Crippen molar-refractivity contribution >= 4 is 5.91 Å². The molecule has 16 heavy (non-hydrogen) atoms. The van der Waals surface area contributed by atoms with E-state index in [4.69, 9.17) is 10.8 Å². The van der Waals surface area contributed by atoms with Crippen molar-refractivity contribution in [2.45, 2.75) is 37.6 Å². The second-order valence-electron chi connectivity index (χ2n) is 4.07. The summed E-state index contributed by atoms with van der Waals surface area (Å²) >= 11 is 0. The van der Waals surface area contributed by atoms with Crippen LogP contribution in [0.5, 0.6) is 0 Å². The van der Waals surface area contributed by atoms with Crippen molar-refractivity contribution in [1.82, 2.24) is 5.32 Å². The van der Waals surface area contributed by atoms with Crippen molar-refractivity contribution in [2.75, 3.05) is 6.54 Å². The van der Waals surface area contributed by atoms with E-state index < -0.39 is 24.7 Å². The molecule has 0 saturated heterocycles. The van der Waals surface area contributed by atoms with E-state index in [0.717, 1.165) is 12.8 Å². The Bertz CT molecular complexity index is 254. The van der Waals surface area contributed by atoms with E-state index in [1.54, 1.807) is 0 Å². The third kappa shape index (κ3) is 4.36. The molecule has 2 unspecified atom stereocenters. The van der Waals surface area contributed by atoms with Gasteiger partial charge in [-0.15, -0.1) is 0 Å². The van der Waals surface area contributed by atoms with Crippen molar-refractivity contribution in [3.05, 3.63) is 0 Å². The van der Waals surface area contributed by atoms with Crippen LogP contribution >= 0.6 is 0 Å². The number of hydrogen-bond donors (Lipinski definition) is 3. The quantitative estimate of drug-likeness (QED) is 0.640. The van der Waals surface area contributed by atoms with Crippen LogP contribution in [-0.2, 0) is 4.79 Å². The van der Waals surface area contributed by atoms with Crippen molar-refractivity contribution in [3.63, 3.8) is 0 Å². The minimum absolute atomic E-state index is 0.00917. The number of hydrogen-bond acceptors (Lipinski definition) is 3. The Morgan fingerprint density at radius 1 is 1.50 bits per heavy atom. The molecular weight excluding hydrogens is 225 g/mol. The van der Waals surface area contributed by atoms with Crippen LogP contribution in [0.3, 0.4) is 0 Å². The molecule has 1 rings (SSSR count). The van der Waals surface area contributed by atoms with Crippen LogP contribution in [-0.4, -0.2) is 35.9 Å². The van der Waals surface area contributed by atoms with Gasteiger partial charge in [-0.1, -0.05) is 0 Å². The highest BCUT2D eigenvalue weighted by molar-refractivity contribution is 5.76. The average molecular weight is 240 g/mol. The Morgan fingerprint density at radius 2 is 2.06 bits per heavy atom. The fraction of sp³-hybridized carbons (Fsp3) is 0.889. The highest BCUT2D eigenvalue weighted by Crippen LogP contribution is 2.32. The fourth-order valence-corrected chi connectivity index (χ4v) is 1.30. The van der Waals surface area contributed by atoms with Gasteiger partial charge in [-0.25, -0.2) is 0 Å². The molecule has 1 aliphatic rings. The van der Waals surface area contributed by atoms with Crippen molar-refractivity contribution < 1.29 is 23.1 Å². The predicted molar refractivity (Wildman–Crippen MR) is 50.4 cm³/mol. The van der Waals surface area contributed by atoms with Gasteiger partial charge in [-0.3, -0.25) is 4.79 Å². The molecule has 4 N–H and O–H groups in total. The SMILES string of the molecule is NC(CC(=O)NCC(O)C(F)(F)F)C1CC1. The molecule has 0 radical (unpaired) electrons. The van der Waals surface area contributed by atoms with Crippen molar-refractivity contribution in [1.29, 1.82) is 0 Å². The second-order valence-corrected chi connectivity index (χ2v) is 4.07. The van der Waals surface area contributed by atoms with Crippen molar-refractivity contribution in [2.24, 2.45) is 11.7 Å². The zero-order chi connectivity index (χ0) is 12.3. The maximum absolute atomic E-state index is 11.9. The van der Waals surface area contributed by atoms with Crippen LogP contribution in [0.15, 0.2) is 0 Å². The molecule has 1 aliphatic carbocycles. The van der Waals surface area contributed by atoms with E-state index in [2.05, 4.69) is 0 Å². The summed E-state index contributed by atoms with van der Waals surface area (Å²) < 4.78 is 35.6. The Balaban J connectivity index is 2.19. The number of rotatable bonds is 5. The molecule has 0 heterocycles. The lowest BCUT2D eigenvalue weighted by atomic mass is 10.1. The van der Waals surface area contributed by atoms with Crippen LogP contribution in [0.4, 0.5) is 13.2 Å². The van der Waals surface area contributed by atoms with Crippen LogP contribution in [0.1, 0.15) is 19.3 Å². The second kappa shape index (κ2) is 5.01. The molecule has 0 aromatic rings. The molecule has 0 bridgehead atoms. The normalized spacial score (nSPS) is 20.3. The van der Waals surface area contributed by atoms with E-state index in [0.29, 0.717) is 5.92 Å². The summed E-state index contributed by atoms with van der Waals surface area (Å²) in [5.74, 6) is -0.235. The first-order valence-corrected chi connectivity index (χ1v) is 5.07. The summed E-state index contributed by atoms with van der Waals surface area (Å²) in [5, 5.41) is 10.6. The largest absolute Gasteiger partial charge is 0.416 e. The molecule has 0 aliphatic heterocycles. The molecule has 1 amide bonds. The molecule has 1 saturated carbocycles. The number of aliphatic hydroxyl groups is 1. The summed E-state index contributed by atoms with van der Waals surface area (Å²) in [6.07, 6.45) is -5.27. The highest BCUT2D eigenvalue weighted by Gasteiger charge is 2.38. The minimum atomic E-state index is -4.70. The maximum Gasteiger partial charge on any atom is 0.416 e. The van der Waals surface area contributed by atoms with E-state index >= 15 is 0 Å². The zero-order valence-electron chi connectivity index (χ0n) is 8.63. The Hall–Kier alpha value is -0.820. The zero-order valence-corrected chi connectivity index (χ0v) is 8.63. The third-order valence-electron chi connectivity index (χ3n) is 2.52. The first kappa shape index (κ1) is 13.2. The Labute approximate surface area is 91.0 Å². The first-order valence-electron chi connectivity index (χ1n) is 5.07. The standard InChI is InChI=1S/C9H15F3N2O2/c10-9(11,12)7(15)4-14-8(16)3-6(13)5-1-2-5/h5-7,15H,1-4,13H2,(H,14,16). The number of halogens is 3. The molecule has 0 aromatic heterocycles. The van der Waals surface area contributed by atoms with Crippen molar-refractivity contribution in [3.8, 4) is 0 Å². The fourth-order valence-electron chi connectivity index (χ4n) is 1.30. The number of nitrogens with one attached hydrogen (secondary N) is 1. The van der Waals surface area contributed by atoms with Gasteiger partial charge in [0.25, 0.3) is 0 Å². The summed E-state index contributed by atoms with van der Waals surface area (Å²) in [6.45, 7) is -0.820. The van der Waals surface area contributed by atoms with Gasteiger partial charge < -0.3 is 16.2 Å². The topological polar surface area (TPSA) is 75.4 Å². The van der Waals surface area contributed by atoms with Gasteiger partial charge in [0.1, 0.15) is 0 Å². The van der Waals surface area contributed by atoms with Gasteiger partial charge in [0.05, 0.1) is 6.54 Å². The summed E-state index contributed by atoms with van der Waals surface area (Å²) in [7, 11) is 0. The van der Waals surface area contributed by atoms with Gasteiger partial charge in [0, 0.05) is 12.5 Å². The van der Waals surface area contributed by atoms with Gasteiger partial charge in [-0.2, -0.15) is 13.2 Å². The highest BCUT2D eigenvalue weighted by atomic mass is 19.4. The van der Waals surface area contributed by atoms with Gasteiger partial charge in [0.2, 0.25) is 5.91 Å². The summed E-state index contributed by atoms with van der Waals surface area (Å²) in [6, 6.07) is -0.289. The van der Waals surface area contributed by atoms with Crippen LogP contribution in [0, 0.1) is 5.92 Å². The lowest BCUT2D eigenvalue weighted by Gasteiger charge is -2.16. The molecule has 2 atom stereocenters. The van der Waals surface area contributed by atoms with E-state index in [1.807, 2.05) is 5.32 Å². The molecule has 7 heteroatoms. The molecule has 0 spiro atoms. The monoisotopic (exact) mass is 240 g/mol. The first-order chi connectivity index (χ1) is 7.30. The lowest BCUT2D eigenvalue weighted by Crippen LogP contribution is -2.42. The number of alkyl halides is 3.